The summed E-state index contributed by atoms with van der Waals surface area (Å²) >= 11 is 1.66. The molecule has 5 heteroatoms. The predicted molar refractivity (Wildman–Crippen MR) is 127 cm³/mol. The molecule has 1 heterocycles. The summed E-state index contributed by atoms with van der Waals surface area (Å²) in [5.74, 6) is 1.45. The van der Waals surface area contributed by atoms with E-state index in [1.807, 2.05) is 23.1 Å². The highest BCUT2D eigenvalue weighted by molar-refractivity contribution is 8.00. The van der Waals surface area contributed by atoms with E-state index in [9.17, 15) is 9.59 Å². The number of anilines is 2. The van der Waals surface area contributed by atoms with Gasteiger partial charge in [-0.15, -0.1) is 11.8 Å². The minimum absolute atomic E-state index is 0.0534. The number of thioether (sulfide) groups is 1. The molecule has 2 amide bonds. The van der Waals surface area contributed by atoms with E-state index in [2.05, 4.69) is 29.6 Å². The zero-order valence-corrected chi connectivity index (χ0v) is 18.8. The number of nitrogens with one attached hydrogen (secondary N) is 1. The molecule has 3 aliphatic rings. The van der Waals surface area contributed by atoms with Gasteiger partial charge in [-0.2, -0.15) is 0 Å². The Labute approximate surface area is 188 Å². The quantitative estimate of drug-likeness (QED) is 0.619. The molecule has 2 aromatic rings. The Morgan fingerprint density at radius 3 is 2.74 bits per heavy atom. The average Bonchev–Trinajstić information content (AvgIpc) is 3.53. The Morgan fingerprint density at radius 2 is 1.87 bits per heavy atom. The molecule has 2 aliphatic carbocycles. The summed E-state index contributed by atoms with van der Waals surface area (Å²) in [7, 11) is 0. The third kappa shape index (κ3) is 4.52. The number of aryl methyl sites for hydroxylation is 2. The third-order valence-corrected chi connectivity index (χ3v) is 8.15. The van der Waals surface area contributed by atoms with Gasteiger partial charge >= 0.3 is 0 Å². The van der Waals surface area contributed by atoms with Crippen molar-refractivity contribution in [3.63, 3.8) is 0 Å². The van der Waals surface area contributed by atoms with E-state index in [1.165, 1.54) is 43.2 Å². The lowest BCUT2D eigenvalue weighted by Gasteiger charge is -2.25. The van der Waals surface area contributed by atoms with Crippen molar-refractivity contribution in [1.82, 2.24) is 0 Å². The summed E-state index contributed by atoms with van der Waals surface area (Å²) in [4.78, 5) is 27.2. The van der Waals surface area contributed by atoms with Gasteiger partial charge in [-0.25, -0.2) is 0 Å². The number of carbonyl (C=O) groups excluding carboxylic acids is 2. The number of nitrogens with zero attached hydrogens (tertiary/aromatic N) is 1. The van der Waals surface area contributed by atoms with Crippen LogP contribution < -0.4 is 10.2 Å². The number of rotatable bonds is 6. The first-order valence-electron chi connectivity index (χ1n) is 11.6. The molecular weight excluding hydrogens is 404 g/mol. The maximum absolute atomic E-state index is 12.8. The molecule has 0 spiro atoms. The number of benzene rings is 2. The van der Waals surface area contributed by atoms with Gasteiger partial charge in [-0.3, -0.25) is 14.5 Å². The van der Waals surface area contributed by atoms with Crippen LogP contribution in [0.3, 0.4) is 0 Å². The minimum atomic E-state index is -0.0534. The van der Waals surface area contributed by atoms with E-state index in [0.717, 1.165) is 42.1 Å². The van der Waals surface area contributed by atoms with Crippen molar-refractivity contribution in [3.8, 4) is 0 Å². The van der Waals surface area contributed by atoms with Crippen LogP contribution in [0.25, 0.3) is 0 Å². The highest BCUT2D eigenvalue weighted by Gasteiger charge is 2.34. The Kier molecular flexibility index (Phi) is 6.04. The van der Waals surface area contributed by atoms with E-state index in [4.69, 9.17) is 0 Å². The maximum Gasteiger partial charge on any atom is 0.238 e. The van der Waals surface area contributed by atoms with Crippen LogP contribution in [0, 0.1) is 5.92 Å². The van der Waals surface area contributed by atoms with Crippen LogP contribution in [0.1, 0.15) is 67.0 Å². The lowest BCUT2D eigenvalue weighted by molar-refractivity contribution is -0.117. The van der Waals surface area contributed by atoms with Crippen molar-refractivity contribution in [2.45, 2.75) is 63.2 Å². The van der Waals surface area contributed by atoms with E-state index < -0.39 is 0 Å². The minimum Gasteiger partial charge on any atom is -0.326 e. The summed E-state index contributed by atoms with van der Waals surface area (Å²) in [6, 6.07) is 14.5. The van der Waals surface area contributed by atoms with Crippen LogP contribution in [-0.4, -0.2) is 17.6 Å². The SMILES string of the molecule is O=C(CCC1CCCC1)Nc1cccc(C2SCC(=O)N2c2ccc3c(c2)CCC3)c1. The van der Waals surface area contributed by atoms with Gasteiger partial charge < -0.3 is 5.32 Å². The second-order valence-electron chi connectivity index (χ2n) is 9.10. The molecule has 1 unspecified atom stereocenters. The maximum atomic E-state index is 12.8. The van der Waals surface area contributed by atoms with Gasteiger partial charge in [-0.1, -0.05) is 43.9 Å². The molecule has 1 saturated carbocycles. The molecule has 0 bridgehead atoms. The highest BCUT2D eigenvalue weighted by atomic mass is 32.2. The fourth-order valence-corrected chi connectivity index (χ4v) is 6.45. The monoisotopic (exact) mass is 434 g/mol. The molecule has 0 radical (unpaired) electrons. The fourth-order valence-electron chi connectivity index (χ4n) is 5.29. The van der Waals surface area contributed by atoms with Crippen molar-refractivity contribution < 1.29 is 9.59 Å². The molecule has 1 atom stereocenters. The van der Waals surface area contributed by atoms with Crippen molar-refractivity contribution in [2.75, 3.05) is 16.0 Å². The zero-order valence-electron chi connectivity index (χ0n) is 17.9. The highest BCUT2D eigenvalue weighted by Crippen LogP contribution is 2.43. The first-order valence-corrected chi connectivity index (χ1v) is 12.7. The average molecular weight is 435 g/mol. The van der Waals surface area contributed by atoms with Gasteiger partial charge in [0.1, 0.15) is 5.37 Å². The van der Waals surface area contributed by atoms with Crippen molar-refractivity contribution in [2.24, 2.45) is 5.92 Å². The third-order valence-electron chi connectivity index (χ3n) is 6.94. The van der Waals surface area contributed by atoms with Gasteiger partial charge in [0.15, 0.2) is 0 Å². The zero-order chi connectivity index (χ0) is 21.2. The molecule has 162 valence electrons. The van der Waals surface area contributed by atoms with Crippen LogP contribution in [0.5, 0.6) is 0 Å². The Bertz CT molecular complexity index is 983. The Morgan fingerprint density at radius 1 is 1.03 bits per heavy atom. The Hall–Kier alpha value is -2.27. The molecule has 4 nitrogen and oxygen atoms in total. The summed E-state index contributed by atoms with van der Waals surface area (Å²) in [5.41, 5.74) is 5.67. The second kappa shape index (κ2) is 9.07. The van der Waals surface area contributed by atoms with Crippen LogP contribution in [-0.2, 0) is 22.4 Å². The van der Waals surface area contributed by atoms with Gasteiger partial charge in [0.05, 0.1) is 5.75 Å². The standard InChI is InChI=1S/C26H30N2O2S/c29-24(14-11-18-5-1-2-6-18)27-22-10-4-9-21(15-22)26-28(25(30)17-31-26)23-13-12-19-7-3-8-20(19)16-23/h4,9-10,12-13,15-16,18,26H,1-3,5-8,11,14,17H2,(H,27,29). The van der Waals surface area contributed by atoms with Crippen molar-refractivity contribution >= 4 is 35.0 Å². The van der Waals surface area contributed by atoms with Crippen molar-refractivity contribution in [3.05, 3.63) is 59.2 Å². The van der Waals surface area contributed by atoms with E-state index >= 15 is 0 Å². The van der Waals surface area contributed by atoms with Crippen LogP contribution >= 0.6 is 11.8 Å². The van der Waals surface area contributed by atoms with Gasteiger partial charge in [-0.05, 0) is 72.6 Å². The summed E-state index contributed by atoms with van der Waals surface area (Å²) in [6.07, 6.45) is 10.2. The lowest BCUT2D eigenvalue weighted by Crippen LogP contribution is -2.28. The van der Waals surface area contributed by atoms with E-state index in [1.54, 1.807) is 11.8 Å². The number of hydrogen-bond acceptors (Lipinski definition) is 3. The van der Waals surface area contributed by atoms with Crippen molar-refractivity contribution in [1.29, 1.82) is 0 Å². The molecule has 2 fully saturated rings. The van der Waals surface area contributed by atoms with E-state index in [0.29, 0.717) is 12.2 Å². The largest absolute Gasteiger partial charge is 0.326 e. The predicted octanol–water partition coefficient (Wildman–Crippen LogP) is 5.86. The number of carbonyl (C=O) groups is 2. The number of amides is 2. The molecule has 0 aromatic heterocycles. The van der Waals surface area contributed by atoms with Gasteiger partial charge in [0.2, 0.25) is 11.8 Å². The summed E-state index contributed by atoms with van der Waals surface area (Å²) in [5, 5.41) is 3.02. The number of fused-ring (bicyclic) bond motifs is 1. The first-order chi connectivity index (χ1) is 15.2. The van der Waals surface area contributed by atoms with E-state index in [-0.39, 0.29) is 17.2 Å². The molecule has 5 rings (SSSR count). The molecular formula is C26H30N2O2S. The Balaban J connectivity index is 1.30. The van der Waals surface area contributed by atoms with Crippen LogP contribution in [0.4, 0.5) is 11.4 Å². The van der Waals surface area contributed by atoms with Crippen LogP contribution in [0.2, 0.25) is 0 Å². The van der Waals surface area contributed by atoms with Gasteiger partial charge in [0, 0.05) is 17.8 Å². The molecule has 1 N–H and O–H groups in total. The fraction of sp³-hybridized carbons (Fsp3) is 0.462. The molecule has 1 saturated heterocycles. The smallest absolute Gasteiger partial charge is 0.238 e. The first kappa shape index (κ1) is 20.6. The molecule has 1 aliphatic heterocycles. The molecule has 2 aromatic carbocycles. The summed E-state index contributed by atoms with van der Waals surface area (Å²) in [6.45, 7) is 0. The molecule has 31 heavy (non-hydrogen) atoms. The topological polar surface area (TPSA) is 49.4 Å². The lowest BCUT2D eigenvalue weighted by atomic mass is 10.0. The second-order valence-corrected chi connectivity index (χ2v) is 10.2. The number of hydrogen-bond donors (Lipinski definition) is 1. The van der Waals surface area contributed by atoms with Gasteiger partial charge in [0.25, 0.3) is 0 Å². The normalized spacial score (nSPS) is 21.0. The van der Waals surface area contributed by atoms with Crippen LogP contribution in [0.15, 0.2) is 42.5 Å². The summed E-state index contributed by atoms with van der Waals surface area (Å²) < 4.78 is 0.